The second-order valence-corrected chi connectivity index (χ2v) is 7.14. The molecule has 3 rings (SSSR count). The summed E-state index contributed by atoms with van der Waals surface area (Å²) in [5.74, 6) is 0.517. The quantitative estimate of drug-likeness (QED) is 0.331. The first-order chi connectivity index (χ1) is 12.7. The number of halogens is 1. The van der Waals surface area contributed by atoms with Gasteiger partial charge in [0, 0.05) is 10.1 Å². The number of hydrogen-bond acceptors (Lipinski definition) is 4. The lowest BCUT2D eigenvalue weighted by Gasteiger charge is -2.04. The van der Waals surface area contributed by atoms with Crippen molar-refractivity contribution in [3.63, 3.8) is 0 Å². The van der Waals surface area contributed by atoms with Crippen molar-refractivity contribution in [2.24, 2.45) is 5.10 Å². The monoisotopic (exact) mass is 386 g/mol. The van der Waals surface area contributed by atoms with Crippen LogP contribution < -0.4 is 10.2 Å². The highest BCUT2D eigenvalue weighted by Crippen LogP contribution is 2.34. The Kier molecular flexibility index (Phi) is 6.26. The summed E-state index contributed by atoms with van der Waals surface area (Å²) < 4.78 is 6.59. The van der Waals surface area contributed by atoms with Crippen molar-refractivity contribution in [2.45, 2.75) is 19.8 Å². The number of hydrazone groups is 1. The summed E-state index contributed by atoms with van der Waals surface area (Å²) in [5.41, 5.74) is 3.40. The first kappa shape index (κ1) is 18.4. The molecule has 134 valence electrons. The summed E-state index contributed by atoms with van der Waals surface area (Å²) in [6.07, 6.45) is 3.73. The van der Waals surface area contributed by atoms with Gasteiger partial charge in [-0.3, -0.25) is 4.79 Å². The van der Waals surface area contributed by atoms with Crippen LogP contribution in [0.5, 0.6) is 5.75 Å². The summed E-state index contributed by atoms with van der Waals surface area (Å²) in [4.78, 5) is 12.8. The molecule has 26 heavy (non-hydrogen) atoms. The van der Waals surface area contributed by atoms with Gasteiger partial charge in [-0.2, -0.15) is 5.10 Å². The van der Waals surface area contributed by atoms with E-state index in [1.165, 1.54) is 11.3 Å². The minimum Gasteiger partial charge on any atom is -0.494 e. The summed E-state index contributed by atoms with van der Waals surface area (Å²) in [7, 11) is 0. The van der Waals surface area contributed by atoms with Crippen molar-refractivity contribution in [1.82, 2.24) is 5.43 Å². The van der Waals surface area contributed by atoms with Crippen LogP contribution in [0.3, 0.4) is 0 Å². The predicted molar refractivity (Wildman–Crippen MR) is 109 cm³/mol. The number of carbonyl (C=O) groups excluding carboxylic acids is 1. The number of nitrogens with zero attached hydrogens (tertiary/aromatic N) is 1. The smallest absolute Gasteiger partial charge is 0.283 e. The number of unbranched alkanes of at least 4 members (excludes halogenated alkanes) is 1. The number of amides is 1. The van der Waals surface area contributed by atoms with Crippen molar-refractivity contribution >= 4 is 45.1 Å². The molecule has 0 bridgehead atoms. The van der Waals surface area contributed by atoms with Gasteiger partial charge in [-0.25, -0.2) is 5.43 Å². The standard InChI is InChI=1S/C20H19ClN2O2S/c1-2-3-12-25-15-10-8-14(9-11-15)13-22-23-20(24)19-18(21)16-6-4-5-7-17(16)26-19/h4-11,13H,2-3,12H2,1H3,(H,23,24)/b22-13+. The summed E-state index contributed by atoms with van der Waals surface area (Å²) in [6.45, 7) is 2.85. The lowest BCUT2D eigenvalue weighted by molar-refractivity contribution is 0.0959. The number of rotatable bonds is 7. The van der Waals surface area contributed by atoms with Gasteiger partial charge >= 0.3 is 0 Å². The molecule has 0 radical (unpaired) electrons. The highest BCUT2D eigenvalue weighted by atomic mass is 35.5. The molecule has 0 atom stereocenters. The van der Waals surface area contributed by atoms with Crippen LogP contribution in [0.1, 0.15) is 35.0 Å². The molecule has 0 aliphatic carbocycles. The lowest BCUT2D eigenvalue weighted by Crippen LogP contribution is -2.16. The maximum Gasteiger partial charge on any atom is 0.283 e. The van der Waals surface area contributed by atoms with Gasteiger partial charge in [0.2, 0.25) is 0 Å². The van der Waals surface area contributed by atoms with E-state index in [0.717, 1.165) is 40.8 Å². The van der Waals surface area contributed by atoms with E-state index in [0.29, 0.717) is 9.90 Å². The molecule has 0 saturated carbocycles. The molecular formula is C20H19ClN2O2S. The second-order valence-electron chi connectivity index (χ2n) is 5.71. The average molecular weight is 387 g/mol. The van der Waals surface area contributed by atoms with Crippen molar-refractivity contribution in [3.8, 4) is 5.75 Å². The topological polar surface area (TPSA) is 50.7 Å². The first-order valence-electron chi connectivity index (χ1n) is 8.42. The molecule has 6 heteroatoms. The minimum absolute atomic E-state index is 0.313. The zero-order chi connectivity index (χ0) is 18.4. The van der Waals surface area contributed by atoms with Gasteiger partial charge in [-0.15, -0.1) is 11.3 Å². The van der Waals surface area contributed by atoms with E-state index in [1.54, 1.807) is 6.21 Å². The molecule has 0 aliphatic rings. The van der Waals surface area contributed by atoms with Crippen LogP contribution in [0.25, 0.3) is 10.1 Å². The fourth-order valence-corrected chi connectivity index (χ4v) is 3.77. The maximum atomic E-state index is 12.3. The molecule has 1 N–H and O–H groups in total. The molecule has 1 aromatic heterocycles. The van der Waals surface area contributed by atoms with Gasteiger partial charge in [-0.1, -0.05) is 43.1 Å². The number of carbonyl (C=O) groups is 1. The fourth-order valence-electron chi connectivity index (χ4n) is 2.36. The van der Waals surface area contributed by atoms with Crippen molar-refractivity contribution < 1.29 is 9.53 Å². The van der Waals surface area contributed by atoms with E-state index < -0.39 is 0 Å². The Morgan fingerprint density at radius 2 is 2.00 bits per heavy atom. The largest absolute Gasteiger partial charge is 0.494 e. The van der Waals surface area contributed by atoms with E-state index in [-0.39, 0.29) is 5.91 Å². The molecule has 1 heterocycles. The SMILES string of the molecule is CCCCOc1ccc(/C=N/NC(=O)c2sc3ccccc3c2Cl)cc1. The van der Waals surface area contributed by atoms with E-state index >= 15 is 0 Å². The van der Waals surface area contributed by atoms with Gasteiger partial charge in [-0.05, 0) is 42.3 Å². The Balaban J connectivity index is 1.60. The number of ether oxygens (including phenoxy) is 1. The van der Waals surface area contributed by atoms with Gasteiger partial charge in [0.05, 0.1) is 17.8 Å². The highest BCUT2D eigenvalue weighted by Gasteiger charge is 2.16. The normalized spacial score (nSPS) is 11.2. The molecule has 0 spiro atoms. The van der Waals surface area contributed by atoms with Gasteiger partial charge in [0.25, 0.3) is 5.91 Å². The second kappa shape index (κ2) is 8.83. The van der Waals surface area contributed by atoms with Crippen LogP contribution in [0.2, 0.25) is 5.02 Å². The zero-order valence-electron chi connectivity index (χ0n) is 14.4. The Morgan fingerprint density at radius 1 is 1.23 bits per heavy atom. The minimum atomic E-state index is -0.313. The molecule has 1 amide bonds. The molecular weight excluding hydrogens is 368 g/mol. The van der Waals surface area contributed by atoms with Crippen LogP contribution >= 0.6 is 22.9 Å². The van der Waals surface area contributed by atoms with E-state index in [2.05, 4.69) is 17.5 Å². The third-order valence-electron chi connectivity index (χ3n) is 3.77. The number of thiophene rings is 1. The van der Waals surface area contributed by atoms with Crippen molar-refractivity contribution in [1.29, 1.82) is 0 Å². The molecule has 0 saturated heterocycles. The van der Waals surface area contributed by atoms with Crippen LogP contribution in [0.15, 0.2) is 53.6 Å². The highest BCUT2D eigenvalue weighted by molar-refractivity contribution is 7.21. The maximum absolute atomic E-state index is 12.3. The Hall–Kier alpha value is -2.37. The predicted octanol–water partition coefficient (Wildman–Crippen LogP) is 5.50. The van der Waals surface area contributed by atoms with Crippen molar-refractivity contribution in [3.05, 3.63) is 64.0 Å². The summed E-state index contributed by atoms with van der Waals surface area (Å²) >= 11 is 7.66. The molecule has 2 aromatic carbocycles. The average Bonchev–Trinajstić information content (AvgIpc) is 3.00. The fraction of sp³-hybridized carbons (Fsp3) is 0.200. The van der Waals surface area contributed by atoms with Crippen LogP contribution in [0.4, 0.5) is 0 Å². The Labute approximate surface area is 161 Å². The summed E-state index contributed by atoms with van der Waals surface area (Å²) in [5, 5.41) is 5.36. The number of nitrogens with one attached hydrogen (secondary N) is 1. The lowest BCUT2D eigenvalue weighted by atomic mass is 10.2. The number of benzene rings is 2. The zero-order valence-corrected chi connectivity index (χ0v) is 15.9. The summed E-state index contributed by atoms with van der Waals surface area (Å²) in [6, 6.07) is 15.2. The van der Waals surface area contributed by atoms with Crippen molar-refractivity contribution in [2.75, 3.05) is 6.61 Å². The van der Waals surface area contributed by atoms with E-state index in [1.807, 2.05) is 48.5 Å². The Bertz CT molecular complexity index is 919. The number of hydrogen-bond donors (Lipinski definition) is 1. The molecule has 4 nitrogen and oxygen atoms in total. The van der Waals surface area contributed by atoms with E-state index in [9.17, 15) is 4.79 Å². The third kappa shape index (κ3) is 4.42. The van der Waals surface area contributed by atoms with Crippen LogP contribution in [-0.2, 0) is 0 Å². The molecule has 3 aromatic rings. The van der Waals surface area contributed by atoms with Crippen LogP contribution in [-0.4, -0.2) is 18.7 Å². The number of fused-ring (bicyclic) bond motifs is 1. The van der Waals surface area contributed by atoms with Gasteiger partial charge < -0.3 is 4.74 Å². The molecule has 0 aliphatic heterocycles. The Morgan fingerprint density at radius 3 is 2.73 bits per heavy atom. The molecule has 0 fully saturated rings. The van der Waals surface area contributed by atoms with E-state index in [4.69, 9.17) is 16.3 Å². The van der Waals surface area contributed by atoms with Gasteiger partial charge in [0.1, 0.15) is 10.6 Å². The van der Waals surface area contributed by atoms with Gasteiger partial charge in [0.15, 0.2) is 0 Å². The van der Waals surface area contributed by atoms with Crippen LogP contribution in [0, 0.1) is 0 Å². The molecule has 0 unspecified atom stereocenters. The third-order valence-corrected chi connectivity index (χ3v) is 5.44. The first-order valence-corrected chi connectivity index (χ1v) is 9.61.